The standard InChI is InChI=1S/C20H24N2O2/c1-13-9-17(15-5-3-6-15)22-19(21-13)11-14-10-16-7-4-8-18(23-2)20(16)24-12-14/h4,7-9,14-15H,3,5-6,10-12H2,1-2H3/t14-/m1/s1. The van der Waals surface area contributed by atoms with Crippen molar-refractivity contribution < 1.29 is 9.47 Å². The lowest BCUT2D eigenvalue weighted by atomic mass is 9.82. The summed E-state index contributed by atoms with van der Waals surface area (Å²) in [5, 5.41) is 0. The molecule has 0 amide bonds. The summed E-state index contributed by atoms with van der Waals surface area (Å²) in [6.45, 7) is 2.77. The van der Waals surface area contributed by atoms with E-state index in [2.05, 4.69) is 24.0 Å². The molecule has 4 nitrogen and oxygen atoms in total. The topological polar surface area (TPSA) is 44.2 Å². The van der Waals surface area contributed by atoms with Crippen molar-refractivity contribution in [2.75, 3.05) is 13.7 Å². The highest BCUT2D eigenvalue weighted by molar-refractivity contribution is 5.47. The molecule has 1 aliphatic carbocycles. The lowest BCUT2D eigenvalue weighted by Gasteiger charge is -2.27. The molecule has 2 aromatic rings. The Hall–Kier alpha value is -2.10. The number of aromatic nitrogens is 2. The van der Waals surface area contributed by atoms with Gasteiger partial charge < -0.3 is 9.47 Å². The van der Waals surface area contributed by atoms with Crippen molar-refractivity contribution in [1.29, 1.82) is 0 Å². The van der Waals surface area contributed by atoms with Crippen molar-refractivity contribution in [3.63, 3.8) is 0 Å². The number of aryl methyl sites for hydroxylation is 1. The minimum Gasteiger partial charge on any atom is -0.493 e. The molecule has 0 saturated heterocycles. The first kappa shape index (κ1) is 15.4. The van der Waals surface area contributed by atoms with Crippen LogP contribution in [0.5, 0.6) is 11.5 Å². The van der Waals surface area contributed by atoms with Crippen LogP contribution in [0.3, 0.4) is 0 Å². The van der Waals surface area contributed by atoms with E-state index in [1.807, 2.05) is 12.1 Å². The zero-order chi connectivity index (χ0) is 16.5. The zero-order valence-corrected chi connectivity index (χ0v) is 14.4. The molecule has 1 aliphatic heterocycles. The van der Waals surface area contributed by atoms with Gasteiger partial charge in [0.2, 0.25) is 0 Å². The fourth-order valence-corrected chi connectivity index (χ4v) is 3.67. The van der Waals surface area contributed by atoms with Gasteiger partial charge >= 0.3 is 0 Å². The van der Waals surface area contributed by atoms with Crippen LogP contribution in [0, 0.1) is 12.8 Å². The van der Waals surface area contributed by atoms with Gasteiger partial charge in [0.05, 0.1) is 13.7 Å². The Bertz CT molecular complexity index is 740. The zero-order valence-electron chi connectivity index (χ0n) is 14.4. The van der Waals surface area contributed by atoms with Gasteiger partial charge in [-0.3, -0.25) is 0 Å². The van der Waals surface area contributed by atoms with E-state index in [4.69, 9.17) is 14.5 Å². The summed E-state index contributed by atoms with van der Waals surface area (Å²) in [6, 6.07) is 8.26. The van der Waals surface area contributed by atoms with Crippen LogP contribution in [-0.2, 0) is 12.8 Å². The van der Waals surface area contributed by atoms with Gasteiger partial charge in [-0.05, 0) is 43.9 Å². The molecule has 2 aliphatic rings. The van der Waals surface area contributed by atoms with E-state index >= 15 is 0 Å². The number of para-hydroxylation sites is 1. The van der Waals surface area contributed by atoms with E-state index in [9.17, 15) is 0 Å². The van der Waals surface area contributed by atoms with Crippen molar-refractivity contribution in [3.05, 3.63) is 47.0 Å². The Morgan fingerprint density at radius 2 is 2.12 bits per heavy atom. The summed E-state index contributed by atoms with van der Waals surface area (Å²) in [6.07, 6.45) is 5.74. The van der Waals surface area contributed by atoms with E-state index in [-0.39, 0.29) is 0 Å². The SMILES string of the molecule is COc1cccc2c1OC[C@@H](Cc1nc(C)cc(C3CCC3)n1)C2. The normalized spacial score (nSPS) is 20.0. The van der Waals surface area contributed by atoms with Gasteiger partial charge in [0.25, 0.3) is 0 Å². The fraction of sp³-hybridized carbons (Fsp3) is 0.500. The van der Waals surface area contributed by atoms with Crippen LogP contribution in [0.1, 0.15) is 48.0 Å². The van der Waals surface area contributed by atoms with Gasteiger partial charge in [0.15, 0.2) is 11.5 Å². The van der Waals surface area contributed by atoms with Crippen molar-refractivity contribution in [2.45, 2.75) is 44.9 Å². The summed E-state index contributed by atoms with van der Waals surface area (Å²) >= 11 is 0. The largest absolute Gasteiger partial charge is 0.493 e. The Kier molecular flexibility index (Phi) is 4.13. The minimum absolute atomic E-state index is 0.417. The number of fused-ring (bicyclic) bond motifs is 1. The van der Waals surface area contributed by atoms with Gasteiger partial charge in [-0.15, -0.1) is 0 Å². The monoisotopic (exact) mass is 324 g/mol. The van der Waals surface area contributed by atoms with Crippen LogP contribution in [0.2, 0.25) is 0 Å². The number of rotatable bonds is 4. The molecule has 2 heterocycles. The molecular formula is C20H24N2O2. The number of benzene rings is 1. The van der Waals surface area contributed by atoms with Crippen molar-refractivity contribution in [3.8, 4) is 11.5 Å². The molecule has 4 rings (SSSR count). The number of nitrogens with zero attached hydrogens (tertiary/aromatic N) is 2. The number of methoxy groups -OCH3 is 1. The fourth-order valence-electron chi connectivity index (χ4n) is 3.67. The van der Waals surface area contributed by atoms with Gasteiger partial charge in [0, 0.05) is 29.6 Å². The Morgan fingerprint density at radius 1 is 1.25 bits per heavy atom. The molecule has 1 fully saturated rings. The number of hydrogen-bond donors (Lipinski definition) is 0. The van der Waals surface area contributed by atoms with Crippen LogP contribution in [0.4, 0.5) is 0 Å². The summed E-state index contributed by atoms with van der Waals surface area (Å²) in [5.74, 6) is 3.76. The number of ether oxygens (including phenoxy) is 2. The molecule has 1 aromatic carbocycles. The van der Waals surface area contributed by atoms with E-state index in [1.165, 1.54) is 30.5 Å². The third kappa shape index (κ3) is 2.97. The second kappa shape index (κ2) is 6.42. The Balaban J connectivity index is 1.51. The van der Waals surface area contributed by atoms with Crippen molar-refractivity contribution >= 4 is 0 Å². The molecular weight excluding hydrogens is 300 g/mol. The van der Waals surface area contributed by atoms with E-state index in [1.54, 1.807) is 7.11 Å². The Labute approximate surface area is 143 Å². The third-order valence-electron chi connectivity index (χ3n) is 5.17. The summed E-state index contributed by atoms with van der Waals surface area (Å²) in [5.41, 5.74) is 3.54. The molecule has 0 unspecified atom stereocenters. The molecule has 24 heavy (non-hydrogen) atoms. The molecule has 1 saturated carbocycles. The van der Waals surface area contributed by atoms with Crippen LogP contribution in [-0.4, -0.2) is 23.7 Å². The smallest absolute Gasteiger partial charge is 0.164 e. The average molecular weight is 324 g/mol. The van der Waals surface area contributed by atoms with Gasteiger partial charge in [-0.1, -0.05) is 18.6 Å². The lowest BCUT2D eigenvalue weighted by Crippen LogP contribution is -2.24. The molecule has 126 valence electrons. The highest BCUT2D eigenvalue weighted by Crippen LogP contribution is 2.37. The molecule has 0 radical (unpaired) electrons. The van der Waals surface area contributed by atoms with Gasteiger partial charge in [-0.2, -0.15) is 0 Å². The predicted octanol–water partition coefficient (Wildman–Crippen LogP) is 3.85. The summed E-state index contributed by atoms with van der Waals surface area (Å²) in [4.78, 5) is 9.52. The maximum Gasteiger partial charge on any atom is 0.164 e. The summed E-state index contributed by atoms with van der Waals surface area (Å²) < 4.78 is 11.4. The summed E-state index contributed by atoms with van der Waals surface area (Å²) in [7, 11) is 1.69. The van der Waals surface area contributed by atoms with Crippen LogP contribution >= 0.6 is 0 Å². The molecule has 4 heteroatoms. The highest BCUT2D eigenvalue weighted by Gasteiger charge is 2.25. The first-order valence-corrected chi connectivity index (χ1v) is 8.86. The van der Waals surface area contributed by atoms with Gasteiger partial charge in [0.1, 0.15) is 5.82 Å². The molecule has 1 aromatic heterocycles. The van der Waals surface area contributed by atoms with E-state index < -0.39 is 0 Å². The van der Waals surface area contributed by atoms with Crippen molar-refractivity contribution in [1.82, 2.24) is 9.97 Å². The Morgan fingerprint density at radius 3 is 2.88 bits per heavy atom. The maximum atomic E-state index is 5.99. The van der Waals surface area contributed by atoms with E-state index in [0.717, 1.165) is 35.9 Å². The van der Waals surface area contributed by atoms with Crippen LogP contribution < -0.4 is 9.47 Å². The first-order chi connectivity index (χ1) is 11.7. The third-order valence-corrected chi connectivity index (χ3v) is 5.17. The van der Waals surface area contributed by atoms with E-state index in [0.29, 0.717) is 18.4 Å². The highest BCUT2D eigenvalue weighted by atomic mass is 16.5. The number of hydrogen-bond acceptors (Lipinski definition) is 4. The minimum atomic E-state index is 0.417. The molecule has 1 atom stereocenters. The van der Waals surface area contributed by atoms with Crippen molar-refractivity contribution in [2.24, 2.45) is 5.92 Å². The average Bonchev–Trinajstić information content (AvgIpc) is 2.52. The predicted molar refractivity (Wildman–Crippen MR) is 92.7 cm³/mol. The maximum absolute atomic E-state index is 5.99. The second-order valence-electron chi connectivity index (χ2n) is 7.01. The van der Waals surface area contributed by atoms with Crippen LogP contribution in [0.25, 0.3) is 0 Å². The lowest BCUT2D eigenvalue weighted by molar-refractivity contribution is 0.209. The molecule has 0 N–H and O–H groups in total. The first-order valence-electron chi connectivity index (χ1n) is 8.86. The molecule has 0 bridgehead atoms. The second-order valence-corrected chi connectivity index (χ2v) is 7.01. The van der Waals surface area contributed by atoms with Gasteiger partial charge in [-0.25, -0.2) is 9.97 Å². The van der Waals surface area contributed by atoms with Crippen LogP contribution in [0.15, 0.2) is 24.3 Å². The molecule has 0 spiro atoms. The quantitative estimate of drug-likeness (QED) is 0.857.